The average molecular weight is 371 g/mol. The Morgan fingerprint density at radius 1 is 1.33 bits per heavy atom. The van der Waals surface area contributed by atoms with E-state index in [2.05, 4.69) is 32.1 Å². The first kappa shape index (κ1) is 18.9. The number of pyridine rings is 2. The second-order valence-electron chi connectivity index (χ2n) is 6.59. The molecular formula is C19H25N5O3. The lowest BCUT2D eigenvalue weighted by Gasteiger charge is -2.24. The molecule has 1 aliphatic rings. The number of carbonyl (C=O) groups excluding carboxylic acids is 1. The number of anilines is 1. The molecule has 1 saturated heterocycles. The second kappa shape index (κ2) is 8.68. The lowest BCUT2D eigenvalue weighted by Crippen LogP contribution is -2.31. The van der Waals surface area contributed by atoms with E-state index in [1.165, 1.54) is 19.4 Å². The predicted octanol–water partition coefficient (Wildman–Crippen LogP) is 0.850. The van der Waals surface area contributed by atoms with Gasteiger partial charge in [-0.2, -0.15) is 0 Å². The Morgan fingerprint density at radius 2 is 2.19 bits per heavy atom. The third-order valence-electron chi connectivity index (χ3n) is 4.67. The molecule has 2 aromatic rings. The molecule has 0 aromatic carbocycles. The Kier molecular flexibility index (Phi) is 6.08. The normalized spacial score (nSPS) is 15.3. The summed E-state index contributed by atoms with van der Waals surface area (Å²) >= 11 is 0. The highest BCUT2D eigenvalue weighted by molar-refractivity contribution is 5.92. The molecule has 144 valence electrons. The van der Waals surface area contributed by atoms with Crippen molar-refractivity contribution < 1.29 is 9.53 Å². The van der Waals surface area contributed by atoms with Crippen molar-refractivity contribution in [3.63, 3.8) is 0 Å². The van der Waals surface area contributed by atoms with Crippen molar-refractivity contribution in [2.45, 2.75) is 13.0 Å². The van der Waals surface area contributed by atoms with Crippen LogP contribution in [0.5, 0.6) is 5.75 Å². The highest BCUT2D eigenvalue weighted by atomic mass is 16.5. The lowest BCUT2D eigenvalue weighted by molar-refractivity contribution is 0.0945. The zero-order chi connectivity index (χ0) is 19.2. The van der Waals surface area contributed by atoms with E-state index in [0.717, 1.165) is 44.0 Å². The number of ether oxygens (including phenoxy) is 1. The molecular weight excluding hydrogens is 346 g/mol. The van der Waals surface area contributed by atoms with Crippen molar-refractivity contribution in [1.29, 1.82) is 0 Å². The molecule has 0 saturated carbocycles. The summed E-state index contributed by atoms with van der Waals surface area (Å²) in [5, 5.41) is 2.86. The molecule has 1 aliphatic heterocycles. The van der Waals surface area contributed by atoms with E-state index >= 15 is 0 Å². The highest BCUT2D eigenvalue weighted by Gasteiger charge is 2.17. The summed E-state index contributed by atoms with van der Waals surface area (Å²) in [5.74, 6) is 0.726. The molecule has 0 radical (unpaired) electrons. The Balaban J connectivity index is 1.70. The molecule has 8 heteroatoms. The van der Waals surface area contributed by atoms with Crippen molar-refractivity contribution in [2.24, 2.45) is 0 Å². The first-order chi connectivity index (χ1) is 13.1. The van der Waals surface area contributed by atoms with Crippen LogP contribution in [0.25, 0.3) is 0 Å². The number of likely N-dealkylation sites (N-methyl/N-ethyl adjacent to an activating group) is 1. The minimum Gasteiger partial charge on any atom is -0.491 e. The van der Waals surface area contributed by atoms with Crippen molar-refractivity contribution in [2.75, 3.05) is 45.2 Å². The number of hydrogen-bond donors (Lipinski definition) is 2. The van der Waals surface area contributed by atoms with Crippen LogP contribution in [0.2, 0.25) is 0 Å². The summed E-state index contributed by atoms with van der Waals surface area (Å²) in [5.41, 5.74) is 0.811. The number of amides is 1. The van der Waals surface area contributed by atoms with E-state index < -0.39 is 0 Å². The maximum Gasteiger partial charge on any atom is 0.268 e. The van der Waals surface area contributed by atoms with Crippen LogP contribution in [-0.4, -0.2) is 61.1 Å². The first-order valence-corrected chi connectivity index (χ1v) is 9.01. The van der Waals surface area contributed by atoms with Gasteiger partial charge in [-0.3, -0.25) is 9.59 Å². The number of aromatic amines is 1. The molecule has 0 atom stereocenters. The van der Waals surface area contributed by atoms with Gasteiger partial charge in [0.1, 0.15) is 11.5 Å². The summed E-state index contributed by atoms with van der Waals surface area (Å²) in [6.07, 6.45) is 4.24. The fourth-order valence-corrected chi connectivity index (χ4v) is 3.13. The third kappa shape index (κ3) is 4.65. The highest BCUT2D eigenvalue weighted by Crippen LogP contribution is 2.19. The number of H-pyrrole nitrogens is 1. The van der Waals surface area contributed by atoms with Crippen LogP contribution < -0.4 is 20.4 Å². The van der Waals surface area contributed by atoms with E-state index in [1.54, 1.807) is 6.20 Å². The summed E-state index contributed by atoms with van der Waals surface area (Å²) in [4.78, 5) is 36.1. The molecule has 27 heavy (non-hydrogen) atoms. The zero-order valence-corrected chi connectivity index (χ0v) is 15.7. The number of carbonyl (C=O) groups is 1. The molecule has 1 fully saturated rings. The summed E-state index contributed by atoms with van der Waals surface area (Å²) in [7, 11) is 3.54. The number of rotatable bonds is 5. The van der Waals surface area contributed by atoms with E-state index in [0.29, 0.717) is 6.54 Å². The van der Waals surface area contributed by atoms with Gasteiger partial charge in [-0.05, 0) is 26.1 Å². The van der Waals surface area contributed by atoms with Gasteiger partial charge in [0.15, 0.2) is 5.75 Å². The molecule has 3 heterocycles. The molecule has 0 spiro atoms. The van der Waals surface area contributed by atoms with Crippen LogP contribution in [0.15, 0.2) is 35.4 Å². The zero-order valence-electron chi connectivity index (χ0n) is 15.7. The maximum atomic E-state index is 12.4. The predicted molar refractivity (Wildman–Crippen MR) is 103 cm³/mol. The number of methoxy groups -OCH3 is 1. The van der Waals surface area contributed by atoms with Crippen molar-refractivity contribution in [3.8, 4) is 5.75 Å². The van der Waals surface area contributed by atoms with Gasteiger partial charge in [0.05, 0.1) is 7.11 Å². The smallest absolute Gasteiger partial charge is 0.268 e. The Hall–Kier alpha value is -2.87. The lowest BCUT2D eigenvalue weighted by atomic mass is 10.2. The minimum absolute atomic E-state index is 0.173. The molecule has 0 unspecified atom stereocenters. The number of nitrogens with one attached hydrogen (secondary N) is 2. The minimum atomic E-state index is -0.347. The van der Waals surface area contributed by atoms with E-state index in [-0.39, 0.29) is 22.8 Å². The van der Waals surface area contributed by atoms with Gasteiger partial charge in [0, 0.05) is 50.2 Å². The van der Waals surface area contributed by atoms with Gasteiger partial charge in [-0.25, -0.2) is 4.98 Å². The Labute approximate surface area is 158 Å². The quantitative estimate of drug-likeness (QED) is 0.810. The van der Waals surface area contributed by atoms with Crippen LogP contribution in [-0.2, 0) is 6.54 Å². The van der Waals surface area contributed by atoms with Crippen LogP contribution in [0.3, 0.4) is 0 Å². The van der Waals surface area contributed by atoms with Gasteiger partial charge >= 0.3 is 0 Å². The van der Waals surface area contributed by atoms with Crippen LogP contribution in [0.1, 0.15) is 22.5 Å². The van der Waals surface area contributed by atoms with Crippen LogP contribution in [0.4, 0.5) is 5.82 Å². The standard InChI is InChI=1S/C19H25N5O3/c1-23-7-4-8-24(10-9-23)18-14(5-3-6-20-18)12-22-19(26)15-11-16(25)17(27-2)13-21-15/h3,5-6,11,13H,4,7-10,12H2,1-2H3,(H,21,25)(H,22,26). The third-order valence-corrected chi connectivity index (χ3v) is 4.67. The molecule has 3 rings (SSSR count). The molecule has 0 aliphatic carbocycles. The average Bonchev–Trinajstić information content (AvgIpc) is 2.90. The SMILES string of the molecule is COc1c[nH]c(C(=O)NCc2cccnc2N2CCCN(C)CC2)cc1=O. The van der Waals surface area contributed by atoms with Gasteiger partial charge in [-0.15, -0.1) is 0 Å². The Morgan fingerprint density at radius 3 is 2.96 bits per heavy atom. The van der Waals surface area contributed by atoms with Gasteiger partial charge in [-0.1, -0.05) is 6.07 Å². The van der Waals surface area contributed by atoms with Gasteiger partial charge in [0.2, 0.25) is 5.43 Å². The van der Waals surface area contributed by atoms with E-state index in [9.17, 15) is 9.59 Å². The van der Waals surface area contributed by atoms with Crippen LogP contribution in [0, 0.1) is 0 Å². The maximum absolute atomic E-state index is 12.4. The van der Waals surface area contributed by atoms with E-state index in [1.807, 2.05) is 12.1 Å². The Bertz CT molecular complexity index is 851. The van der Waals surface area contributed by atoms with Crippen LogP contribution >= 0.6 is 0 Å². The first-order valence-electron chi connectivity index (χ1n) is 9.01. The summed E-state index contributed by atoms with van der Waals surface area (Å²) in [6, 6.07) is 5.07. The molecule has 1 amide bonds. The number of hydrogen-bond acceptors (Lipinski definition) is 6. The van der Waals surface area contributed by atoms with Crippen molar-refractivity contribution in [3.05, 3.63) is 52.1 Å². The van der Waals surface area contributed by atoms with Gasteiger partial charge < -0.3 is 24.8 Å². The largest absolute Gasteiger partial charge is 0.491 e. The fraction of sp³-hybridized carbons (Fsp3) is 0.421. The van der Waals surface area contributed by atoms with Crippen molar-refractivity contribution >= 4 is 11.7 Å². The van der Waals surface area contributed by atoms with E-state index in [4.69, 9.17) is 4.74 Å². The van der Waals surface area contributed by atoms with Gasteiger partial charge in [0.25, 0.3) is 5.91 Å². The fourth-order valence-electron chi connectivity index (χ4n) is 3.13. The molecule has 2 aromatic heterocycles. The number of aromatic nitrogens is 2. The molecule has 0 bridgehead atoms. The number of nitrogens with zero attached hydrogens (tertiary/aromatic N) is 3. The molecule has 2 N–H and O–H groups in total. The van der Waals surface area contributed by atoms with Crippen molar-refractivity contribution in [1.82, 2.24) is 20.2 Å². The summed E-state index contributed by atoms with van der Waals surface area (Å²) in [6.45, 7) is 4.23. The summed E-state index contributed by atoms with van der Waals surface area (Å²) < 4.78 is 4.92. The monoisotopic (exact) mass is 371 g/mol. The second-order valence-corrected chi connectivity index (χ2v) is 6.59. The molecule has 8 nitrogen and oxygen atoms in total. The topological polar surface area (TPSA) is 90.6 Å².